The molecule has 0 fully saturated rings. The summed E-state index contributed by atoms with van der Waals surface area (Å²) in [6, 6.07) is 9.83. The van der Waals surface area contributed by atoms with Crippen LogP contribution >= 0.6 is 11.8 Å². The molecular weight excluding hydrogens is 472 g/mol. The van der Waals surface area contributed by atoms with E-state index >= 15 is 0 Å². The van der Waals surface area contributed by atoms with Crippen LogP contribution in [0.25, 0.3) is 0 Å². The van der Waals surface area contributed by atoms with Crippen molar-refractivity contribution in [3.8, 4) is 0 Å². The number of aromatic nitrogens is 3. The van der Waals surface area contributed by atoms with E-state index in [1.807, 2.05) is 26.0 Å². The molecule has 1 aromatic heterocycles. The number of carbonyl (C=O) groups excluding carboxylic acids is 1. The highest BCUT2D eigenvalue weighted by Gasteiger charge is 2.22. The molecule has 0 unspecified atom stereocenters. The lowest BCUT2D eigenvalue weighted by Gasteiger charge is -2.22. The van der Waals surface area contributed by atoms with Crippen molar-refractivity contribution < 1.29 is 22.0 Å². The number of hydrogen-bond acceptors (Lipinski definition) is 6. The molecule has 0 aliphatic carbocycles. The number of hydrogen-bond donors (Lipinski definition) is 1. The summed E-state index contributed by atoms with van der Waals surface area (Å²) in [4.78, 5) is 12.2. The Kier molecular flexibility index (Phi) is 7.69. The first-order valence-corrected chi connectivity index (χ1v) is 12.8. The summed E-state index contributed by atoms with van der Waals surface area (Å²) in [6.45, 7) is 4.18. The third-order valence-electron chi connectivity index (χ3n) is 4.60. The second kappa shape index (κ2) is 10.3. The number of rotatable bonds is 9. The fraction of sp³-hybridized carbons (Fsp3) is 0.286. The highest BCUT2D eigenvalue weighted by atomic mass is 32.2. The predicted molar refractivity (Wildman–Crippen MR) is 124 cm³/mol. The fourth-order valence-electron chi connectivity index (χ4n) is 3.05. The van der Waals surface area contributed by atoms with Gasteiger partial charge in [0, 0.05) is 18.3 Å². The maximum atomic E-state index is 13.3. The molecule has 0 bridgehead atoms. The first-order valence-electron chi connectivity index (χ1n) is 9.92. The third kappa shape index (κ3) is 6.51. The summed E-state index contributed by atoms with van der Waals surface area (Å²) in [6.07, 6.45) is 1.12. The van der Waals surface area contributed by atoms with Crippen molar-refractivity contribution >= 4 is 39.1 Å². The summed E-state index contributed by atoms with van der Waals surface area (Å²) < 4.78 is 54.4. The molecule has 0 radical (unpaired) electrons. The van der Waals surface area contributed by atoms with E-state index in [0.29, 0.717) is 29.3 Å². The van der Waals surface area contributed by atoms with Crippen LogP contribution in [-0.4, -0.2) is 41.1 Å². The Hall–Kier alpha value is -2.99. The number of benzene rings is 2. The monoisotopic (exact) mass is 495 g/mol. The molecule has 33 heavy (non-hydrogen) atoms. The Labute approximate surface area is 195 Å². The Balaban J connectivity index is 1.73. The molecule has 0 saturated heterocycles. The molecule has 2 aromatic carbocycles. The van der Waals surface area contributed by atoms with Crippen molar-refractivity contribution in [3.63, 3.8) is 0 Å². The number of nitrogens with zero attached hydrogens (tertiary/aromatic N) is 4. The van der Waals surface area contributed by atoms with Crippen molar-refractivity contribution in [2.24, 2.45) is 0 Å². The molecular formula is C21H23F2N5O3S2. The minimum absolute atomic E-state index is 0.0117. The molecule has 3 aromatic rings. The van der Waals surface area contributed by atoms with E-state index in [-0.39, 0.29) is 18.0 Å². The minimum atomic E-state index is -3.59. The van der Waals surface area contributed by atoms with Gasteiger partial charge in [0.2, 0.25) is 15.9 Å². The van der Waals surface area contributed by atoms with Gasteiger partial charge in [-0.05, 0) is 38.1 Å². The van der Waals surface area contributed by atoms with Crippen LogP contribution in [-0.2, 0) is 27.9 Å². The number of aryl methyl sites for hydroxylation is 1. The van der Waals surface area contributed by atoms with Gasteiger partial charge in [0.1, 0.15) is 11.6 Å². The molecule has 8 nitrogen and oxygen atoms in total. The van der Waals surface area contributed by atoms with Crippen molar-refractivity contribution in [3.05, 3.63) is 65.5 Å². The highest BCUT2D eigenvalue weighted by molar-refractivity contribution is 7.99. The first kappa shape index (κ1) is 24.6. The van der Waals surface area contributed by atoms with Gasteiger partial charge in [0.05, 0.1) is 24.2 Å². The maximum Gasteiger partial charge on any atom is 0.234 e. The van der Waals surface area contributed by atoms with Gasteiger partial charge < -0.3 is 9.88 Å². The van der Waals surface area contributed by atoms with Crippen LogP contribution in [0.15, 0.2) is 47.6 Å². The number of amides is 1. The summed E-state index contributed by atoms with van der Waals surface area (Å²) >= 11 is 1.08. The second-order valence-electron chi connectivity index (χ2n) is 7.24. The molecule has 0 aliphatic rings. The van der Waals surface area contributed by atoms with Crippen LogP contribution < -0.4 is 9.62 Å². The first-order chi connectivity index (χ1) is 15.6. The van der Waals surface area contributed by atoms with Crippen LogP contribution in [0.2, 0.25) is 0 Å². The van der Waals surface area contributed by atoms with Crippen LogP contribution in [0, 0.1) is 18.6 Å². The average Bonchev–Trinajstić information content (AvgIpc) is 3.11. The van der Waals surface area contributed by atoms with Crippen LogP contribution in [0.4, 0.5) is 20.2 Å². The topological polar surface area (TPSA) is 97.2 Å². The lowest BCUT2D eigenvalue weighted by atomic mass is 10.2. The molecule has 1 amide bonds. The normalized spacial score (nSPS) is 11.4. The van der Waals surface area contributed by atoms with Crippen molar-refractivity contribution in [2.45, 2.75) is 32.1 Å². The van der Waals surface area contributed by atoms with Crippen LogP contribution in [0.5, 0.6) is 0 Å². The van der Waals surface area contributed by atoms with E-state index in [9.17, 15) is 22.0 Å². The predicted octanol–water partition coefficient (Wildman–Crippen LogP) is 3.58. The molecule has 1 N–H and O–H groups in total. The van der Waals surface area contributed by atoms with E-state index in [2.05, 4.69) is 15.5 Å². The smallest absolute Gasteiger partial charge is 0.234 e. The van der Waals surface area contributed by atoms with Gasteiger partial charge in [-0.2, -0.15) is 0 Å². The van der Waals surface area contributed by atoms with Gasteiger partial charge in [-0.15, -0.1) is 10.2 Å². The van der Waals surface area contributed by atoms with Crippen molar-refractivity contribution in [1.29, 1.82) is 0 Å². The van der Waals surface area contributed by atoms with E-state index < -0.39 is 27.6 Å². The van der Waals surface area contributed by atoms with Gasteiger partial charge in [0.25, 0.3) is 0 Å². The van der Waals surface area contributed by atoms with Gasteiger partial charge in [-0.1, -0.05) is 29.5 Å². The molecule has 0 aliphatic heterocycles. The van der Waals surface area contributed by atoms with E-state index in [0.717, 1.165) is 35.7 Å². The molecule has 1 heterocycles. The van der Waals surface area contributed by atoms with Crippen molar-refractivity contribution in [2.75, 3.05) is 21.6 Å². The number of halogens is 2. The average molecular weight is 496 g/mol. The van der Waals surface area contributed by atoms with E-state index in [1.165, 1.54) is 4.31 Å². The zero-order valence-electron chi connectivity index (χ0n) is 18.2. The summed E-state index contributed by atoms with van der Waals surface area (Å²) in [5, 5.41) is 11.1. The summed E-state index contributed by atoms with van der Waals surface area (Å²) in [5.41, 5.74) is 1.52. The standard InChI is InChI=1S/C21H23F2N5O3S2/c1-4-27-19(12-28(33(3,30)31)18-7-5-14(2)6-8-18)25-26-21(27)32-13-20(29)24-17-10-15(22)9-16(23)11-17/h5-11H,4,12-13H2,1-3H3,(H,24,29). The lowest BCUT2D eigenvalue weighted by molar-refractivity contribution is -0.113. The Morgan fingerprint density at radius 2 is 1.76 bits per heavy atom. The molecule has 0 atom stereocenters. The van der Waals surface area contributed by atoms with Gasteiger partial charge in [0.15, 0.2) is 11.0 Å². The second-order valence-corrected chi connectivity index (χ2v) is 10.1. The molecule has 3 rings (SSSR count). The van der Waals surface area contributed by atoms with Crippen LogP contribution in [0.1, 0.15) is 18.3 Å². The molecule has 0 saturated carbocycles. The summed E-state index contributed by atoms with van der Waals surface area (Å²) in [7, 11) is -3.59. The highest BCUT2D eigenvalue weighted by Crippen LogP contribution is 2.23. The number of anilines is 2. The quantitative estimate of drug-likeness (QED) is 0.456. The van der Waals surface area contributed by atoms with Crippen molar-refractivity contribution in [1.82, 2.24) is 14.8 Å². The lowest BCUT2D eigenvalue weighted by Crippen LogP contribution is -2.30. The zero-order chi connectivity index (χ0) is 24.2. The van der Waals surface area contributed by atoms with E-state index in [1.54, 1.807) is 16.7 Å². The number of sulfonamides is 1. The van der Waals surface area contributed by atoms with Gasteiger partial charge >= 0.3 is 0 Å². The minimum Gasteiger partial charge on any atom is -0.325 e. The molecule has 176 valence electrons. The fourth-order valence-corrected chi connectivity index (χ4v) is 4.73. The maximum absolute atomic E-state index is 13.3. The zero-order valence-corrected chi connectivity index (χ0v) is 19.9. The van der Waals surface area contributed by atoms with Gasteiger partial charge in [-0.25, -0.2) is 17.2 Å². The Morgan fingerprint density at radius 1 is 1.12 bits per heavy atom. The number of carbonyl (C=O) groups is 1. The summed E-state index contributed by atoms with van der Waals surface area (Å²) in [5.74, 6) is -1.73. The molecule has 12 heteroatoms. The largest absolute Gasteiger partial charge is 0.325 e. The molecule has 0 spiro atoms. The number of thioether (sulfide) groups is 1. The van der Waals surface area contributed by atoms with E-state index in [4.69, 9.17) is 0 Å². The SMILES string of the molecule is CCn1c(CN(c2ccc(C)cc2)S(C)(=O)=O)nnc1SCC(=O)Nc1cc(F)cc(F)c1. The Morgan fingerprint density at radius 3 is 2.33 bits per heavy atom. The van der Waals surface area contributed by atoms with Gasteiger partial charge in [-0.3, -0.25) is 9.10 Å². The third-order valence-corrected chi connectivity index (χ3v) is 6.70. The Bertz CT molecular complexity index is 1230. The number of nitrogens with one attached hydrogen (secondary N) is 1. The van der Waals surface area contributed by atoms with Crippen LogP contribution in [0.3, 0.4) is 0 Å².